The van der Waals surface area contributed by atoms with Gasteiger partial charge in [0, 0.05) is 0 Å². The summed E-state index contributed by atoms with van der Waals surface area (Å²) in [4.78, 5) is 0. The van der Waals surface area contributed by atoms with Gasteiger partial charge in [-0.1, -0.05) is 14.9 Å². The second kappa shape index (κ2) is 17.1. The van der Waals surface area contributed by atoms with Crippen molar-refractivity contribution >= 4 is 92.1 Å². The summed E-state index contributed by atoms with van der Waals surface area (Å²) in [6, 6.07) is 0. The van der Waals surface area contributed by atoms with Crippen molar-refractivity contribution in [2.75, 3.05) is 40.0 Å². The molecule has 0 atom stereocenters. The van der Waals surface area contributed by atoms with Crippen LogP contribution in [0.3, 0.4) is 0 Å². The first-order chi connectivity index (χ1) is 8.00. The zero-order chi connectivity index (χ0) is 18.0. The van der Waals surface area contributed by atoms with Gasteiger partial charge in [0.2, 0.25) is 0 Å². The molecule has 0 spiro atoms. The summed E-state index contributed by atoms with van der Waals surface area (Å²) >= 11 is 27.7. The van der Waals surface area contributed by atoms with Crippen molar-refractivity contribution in [1.29, 1.82) is 0 Å². The van der Waals surface area contributed by atoms with Crippen LogP contribution in [0.4, 0.5) is 0 Å². The van der Waals surface area contributed by atoms with Crippen LogP contribution < -0.4 is 0 Å². The molecule has 0 saturated carbocycles. The maximum absolute atomic E-state index is 10.2. The van der Waals surface area contributed by atoms with Crippen LogP contribution in [-0.4, -0.2) is 40.0 Å². The van der Waals surface area contributed by atoms with E-state index in [1.54, 1.807) is 40.0 Å². The van der Waals surface area contributed by atoms with E-state index < -0.39 is 24.7 Å². The van der Waals surface area contributed by atoms with Crippen molar-refractivity contribution in [3.63, 3.8) is 0 Å². The van der Waals surface area contributed by atoms with Crippen molar-refractivity contribution in [1.82, 2.24) is 0 Å². The summed E-state index contributed by atoms with van der Waals surface area (Å²) in [5, 5.41) is -6.44. The lowest BCUT2D eigenvalue weighted by Gasteiger charge is -1.86. The van der Waals surface area contributed by atoms with Gasteiger partial charge in [-0.15, -0.1) is 0 Å². The minimum absolute atomic E-state index is 0. The van der Waals surface area contributed by atoms with Gasteiger partial charge >= 0.3 is 10.4 Å². The fourth-order valence-electron chi connectivity index (χ4n) is 0. The van der Waals surface area contributed by atoms with Crippen molar-refractivity contribution in [3.8, 4) is 0 Å². The molecule has 0 aliphatic rings. The van der Waals surface area contributed by atoms with Crippen molar-refractivity contribution < 1.29 is 18.3 Å². The zero-order valence-electron chi connectivity index (χ0n) is 11.7. The quantitative estimate of drug-likeness (QED) is 0.297. The molecule has 0 fully saturated rings. The van der Waals surface area contributed by atoms with E-state index in [2.05, 4.69) is 67.4 Å². The molecule has 0 saturated heterocycles. The predicted octanol–water partition coefficient (Wildman–Crippen LogP) is 9.37. The van der Waals surface area contributed by atoms with Gasteiger partial charge in [0.15, 0.2) is 0 Å². The third-order valence-corrected chi connectivity index (χ3v) is 0. The van der Waals surface area contributed by atoms with Gasteiger partial charge in [0.25, 0.3) is 0 Å². The lowest BCUT2D eigenvalue weighted by Crippen LogP contribution is -1.61. The first kappa shape index (κ1) is 39.6. The molecule has 0 unspecified atom stereocenters. The van der Waals surface area contributed by atoms with Gasteiger partial charge in [0.05, 0.1) is 14.3 Å². The van der Waals surface area contributed by atoms with E-state index in [1.165, 1.54) is 0 Å². The van der Waals surface area contributed by atoms with Gasteiger partial charge in [-0.25, -0.2) is 0 Å². The highest BCUT2D eigenvalue weighted by Crippen LogP contribution is 2.61. The van der Waals surface area contributed by atoms with Crippen LogP contribution in [0.5, 0.6) is 0 Å². The first-order valence-electron chi connectivity index (χ1n) is 4.43. The van der Waals surface area contributed by atoms with Gasteiger partial charge in [-0.05, 0) is 107 Å². The third kappa shape index (κ3) is 1500. The molecule has 144 valence electrons. The Bertz CT molecular complexity index is 307. The number of hydrogen-bond donors (Lipinski definition) is 0. The Morgan fingerprint density at radius 3 is 0.455 bits per heavy atom. The van der Waals surface area contributed by atoms with Crippen LogP contribution >= 0.6 is 92.1 Å². The Hall–Kier alpha value is 2.66. The van der Waals surface area contributed by atoms with Crippen molar-refractivity contribution in [2.45, 2.75) is 14.9 Å². The Labute approximate surface area is 164 Å². The SMILES string of the molecule is C.C.CP(C)(C)=O.CP(C)(C)=O.O=P(Cl)(Cl)Cl.O=P(Cl)(Cl)Cl. The molecule has 0 heterocycles. The van der Waals surface area contributed by atoms with Crippen LogP contribution in [-0.2, 0) is 18.3 Å². The maximum atomic E-state index is 10.2. The van der Waals surface area contributed by atoms with Crippen LogP contribution in [0.25, 0.3) is 0 Å². The fourth-order valence-corrected chi connectivity index (χ4v) is 0. The van der Waals surface area contributed by atoms with Gasteiger partial charge in [-0.2, -0.15) is 0 Å². The molecule has 0 N–H and O–H groups in total. The van der Waals surface area contributed by atoms with Crippen molar-refractivity contribution in [2.24, 2.45) is 0 Å². The Balaban J connectivity index is -0.0000000376. The molecule has 0 aliphatic carbocycles. The summed E-state index contributed by atoms with van der Waals surface area (Å²) in [7, 11) is -3.28. The summed E-state index contributed by atoms with van der Waals surface area (Å²) in [6.45, 7) is 10.5. The molecule has 14 heteroatoms. The molecular formula is C8H26Cl6O4P4. The number of hydrogen-bond acceptors (Lipinski definition) is 4. The van der Waals surface area contributed by atoms with Gasteiger partial charge < -0.3 is 9.13 Å². The standard InChI is InChI=1S/2C3H9OP.2CH4.2Cl3OP/c2*1-5(2,3)4;;;2*1-5(2,3)4/h2*1-3H3;2*1H4;;. The molecule has 0 aromatic carbocycles. The summed E-state index contributed by atoms with van der Waals surface area (Å²) < 4.78 is 39.5. The van der Waals surface area contributed by atoms with E-state index >= 15 is 0 Å². The molecule has 0 amide bonds. The number of rotatable bonds is 0. The molecular weight excluding hydrogens is 497 g/mol. The highest BCUT2D eigenvalue weighted by atomic mass is 36.1. The van der Waals surface area contributed by atoms with Crippen LogP contribution in [0.2, 0.25) is 0 Å². The molecule has 4 nitrogen and oxygen atoms in total. The average molecular weight is 523 g/mol. The second-order valence-electron chi connectivity index (χ2n) is 4.58. The topological polar surface area (TPSA) is 68.3 Å². The van der Waals surface area contributed by atoms with E-state index in [0.717, 1.165) is 0 Å². The van der Waals surface area contributed by atoms with Gasteiger partial charge in [0.1, 0.15) is 0 Å². The average Bonchev–Trinajstić information content (AvgIpc) is 1.62. The maximum Gasteiger partial charge on any atom is 0.339 e. The molecule has 22 heavy (non-hydrogen) atoms. The minimum atomic E-state index is -3.22. The molecule has 0 aromatic rings. The zero-order valence-corrected chi connectivity index (χ0v) is 19.8. The summed E-state index contributed by atoms with van der Waals surface area (Å²) in [6.07, 6.45) is 0. The van der Waals surface area contributed by atoms with E-state index in [-0.39, 0.29) is 14.9 Å². The van der Waals surface area contributed by atoms with E-state index in [9.17, 15) is 18.3 Å². The van der Waals surface area contributed by atoms with E-state index in [4.69, 9.17) is 0 Å². The van der Waals surface area contributed by atoms with E-state index in [0.29, 0.717) is 0 Å². The summed E-state index contributed by atoms with van der Waals surface area (Å²) in [5.41, 5.74) is 0. The highest BCUT2D eigenvalue weighted by Gasteiger charge is 2.03. The molecule has 0 aliphatic heterocycles. The predicted molar refractivity (Wildman–Crippen MR) is 115 cm³/mol. The minimum Gasteiger partial charge on any atom is -0.324 e. The second-order valence-corrected chi connectivity index (χ2v) is 25.4. The molecule has 0 radical (unpaired) electrons. The van der Waals surface area contributed by atoms with E-state index in [1.807, 2.05) is 0 Å². The normalized spacial score (nSPS) is 10.7. The smallest absolute Gasteiger partial charge is 0.324 e. The Morgan fingerprint density at radius 2 is 0.455 bits per heavy atom. The number of halogens is 6. The van der Waals surface area contributed by atoms with Crippen LogP contribution in [0, 0.1) is 0 Å². The molecule has 0 bridgehead atoms. The monoisotopic (exact) mass is 520 g/mol. The largest absolute Gasteiger partial charge is 0.339 e. The third-order valence-electron chi connectivity index (χ3n) is 0. The van der Waals surface area contributed by atoms with Gasteiger partial charge in [-0.3, -0.25) is 9.13 Å². The summed E-state index contributed by atoms with van der Waals surface area (Å²) in [5.74, 6) is 0. The first-order valence-corrected chi connectivity index (χ1v) is 19.4. The Kier molecular flexibility index (Phi) is 30.8. The Morgan fingerprint density at radius 1 is 0.455 bits per heavy atom. The lowest BCUT2D eigenvalue weighted by molar-refractivity contribution is 0.585. The van der Waals surface area contributed by atoms with Crippen LogP contribution in [0.1, 0.15) is 14.9 Å². The molecule has 0 rings (SSSR count). The molecule has 0 aromatic heterocycles. The van der Waals surface area contributed by atoms with Crippen molar-refractivity contribution in [3.05, 3.63) is 0 Å². The lowest BCUT2D eigenvalue weighted by atomic mass is 11.9. The fraction of sp³-hybridized carbons (Fsp3) is 1.00. The highest BCUT2D eigenvalue weighted by molar-refractivity contribution is 8.25. The van der Waals surface area contributed by atoms with Crippen LogP contribution in [0.15, 0.2) is 0 Å².